The molecule has 0 saturated carbocycles. The minimum Gasteiger partial charge on any atom is -0.356 e. The summed E-state index contributed by atoms with van der Waals surface area (Å²) in [6.07, 6.45) is 4.05. The van der Waals surface area contributed by atoms with Crippen molar-refractivity contribution in [2.24, 2.45) is 0 Å². The van der Waals surface area contributed by atoms with Crippen LogP contribution in [0.3, 0.4) is 0 Å². The highest BCUT2D eigenvalue weighted by Gasteiger charge is 2.09. The van der Waals surface area contributed by atoms with Crippen LogP contribution in [0.5, 0.6) is 0 Å². The third kappa shape index (κ3) is 3.51. The summed E-state index contributed by atoms with van der Waals surface area (Å²) in [5.41, 5.74) is 1.87. The molecule has 2 heterocycles. The zero-order valence-electron chi connectivity index (χ0n) is 13.5. The minimum atomic E-state index is -0.210. The average Bonchev–Trinajstić information content (AvgIpc) is 2.99. The molecule has 7 heteroatoms. The van der Waals surface area contributed by atoms with Crippen molar-refractivity contribution in [3.8, 4) is 0 Å². The van der Waals surface area contributed by atoms with E-state index < -0.39 is 0 Å². The number of aryl methyl sites for hydroxylation is 1. The van der Waals surface area contributed by atoms with Crippen LogP contribution in [-0.2, 0) is 17.8 Å². The third-order valence-electron chi connectivity index (χ3n) is 3.94. The van der Waals surface area contributed by atoms with Gasteiger partial charge in [0.15, 0.2) is 0 Å². The lowest BCUT2D eigenvalue weighted by molar-refractivity contribution is -0.120. The van der Waals surface area contributed by atoms with E-state index in [1.807, 2.05) is 35.1 Å². The van der Waals surface area contributed by atoms with Crippen molar-refractivity contribution in [1.82, 2.24) is 25.1 Å². The molecule has 2 aromatic heterocycles. The first-order valence-electron chi connectivity index (χ1n) is 7.85. The molecule has 0 aliphatic heterocycles. The number of fused-ring (bicyclic) bond motifs is 1. The molecule has 24 heavy (non-hydrogen) atoms. The second-order valence-corrected chi connectivity index (χ2v) is 5.61. The third-order valence-corrected chi connectivity index (χ3v) is 3.94. The molecule has 7 nitrogen and oxygen atoms in total. The van der Waals surface area contributed by atoms with Gasteiger partial charge in [0.2, 0.25) is 5.91 Å². The van der Waals surface area contributed by atoms with Crippen LogP contribution in [0.2, 0.25) is 0 Å². The van der Waals surface area contributed by atoms with Gasteiger partial charge >= 0.3 is 0 Å². The average molecular weight is 325 g/mol. The highest BCUT2D eigenvalue weighted by atomic mass is 16.1. The Bertz CT molecular complexity index is 912. The number of H-pyrrole nitrogens is 1. The number of aromatic amines is 1. The van der Waals surface area contributed by atoms with Crippen LogP contribution in [0, 0.1) is 6.92 Å². The monoisotopic (exact) mass is 325 g/mol. The Hall–Kier alpha value is -2.96. The number of nitrogens with one attached hydrogen (secondary N) is 2. The Labute approximate surface area is 138 Å². The molecular formula is C17H19N5O2. The number of hydrogen-bond acceptors (Lipinski definition) is 4. The molecule has 1 amide bonds. The zero-order valence-corrected chi connectivity index (χ0v) is 13.5. The lowest BCUT2D eigenvalue weighted by Gasteiger charge is -2.07. The van der Waals surface area contributed by atoms with Crippen molar-refractivity contribution in [3.63, 3.8) is 0 Å². The Morgan fingerprint density at radius 2 is 2.17 bits per heavy atom. The summed E-state index contributed by atoms with van der Waals surface area (Å²) in [5.74, 6) is -0.137. The highest BCUT2D eigenvalue weighted by Crippen LogP contribution is 2.12. The predicted octanol–water partition coefficient (Wildman–Crippen LogP) is 1.18. The number of amides is 1. The fourth-order valence-electron chi connectivity index (χ4n) is 2.56. The minimum absolute atomic E-state index is 0.112. The number of rotatable bonds is 6. The van der Waals surface area contributed by atoms with E-state index in [1.165, 1.54) is 6.33 Å². The first kappa shape index (κ1) is 15.9. The Balaban J connectivity index is 1.49. The van der Waals surface area contributed by atoms with Crippen molar-refractivity contribution >= 4 is 16.8 Å². The molecule has 3 rings (SSSR count). The van der Waals surface area contributed by atoms with Gasteiger partial charge in [-0.05, 0) is 19.4 Å². The van der Waals surface area contributed by atoms with E-state index in [4.69, 9.17) is 0 Å². The van der Waals surface area contributed by atoms with Crippen LogP contribution in [0.1, 0.15) is 17.7 Å². The molecule has 2 N–H and O–H groups in total. The number of aromatic nitrogens is 4. The van der Waals surface area contributed by atoms with Gasteiger partial charge in [0.05, 0.1) is 30.2 Å². The molecule has 0 unspecified atom stereocenters. The molecule has 0 fully saturated rings. The molecule has 0 radical (unpaired) electrons. The van der Waals surface area contributed by atoms with Crippen LogP contribution in [0.4, 0.5) is 0 Å². The summed E-state index contributed by atoms with van der Waals surface area (Å²) >= 11 is 0. The first-order valence-corrected chi connectivity index (χ1v) is 7.85. The van der Waals surface area contributed by atoms with E-state index in [2.05, 4.69) is 20.4 Å². The topological polar surface area (TPSA) is 92.7 Å². The van der Waals surface area contributed by atoms with Gasteiger partial charge in [-0.2, -0.15) is 5.10 Å². The molecule has 0 aliphatic rings. The molecular weight excluding hydrogens is 306 g/mol. The summed E-state index contributed by atoms with van der Waals surface area (Å²) in [5, 5.41) is 8.32. The standard InChI is InChI=1S/C17H19N5O2/c1-12-14(19-11-20-17(12)24)9-16(23)18-7-4-8-22-15-6-3-2-5-13(15)10-21-22/h2-3,5-6,10-11H,4,7-9H2,1H3,(H,18,23)(H,19,20,24). The van der Waals surface area contributed by atoms with Crippen LogP contribution < -0.4 is 10.9 Å². The Kier molecular flexibility index (Phi) is 4.69. The zero-order chi connectivity index (χ0) is 16.9. The highest BCUT2D eigenvalue weighted by molar-refractivity contribution is 5.78. The molecule has 1 aromatic carbocycles. The summed E-state index contributed by atoms with van der Waals surface area (Å²) in [6, 6.07) is 8.03. The fourth-order valence-corrected chi connectivity index (χ4v) is 2.56. The molecule has 0 bridgehead atoms. The van der Waals surface area contributed by atoms with E-state index in [0.29, 0.717) is 17.8 Å². The van der Waals surface area contributed by atoms with Gasteiger partial charge in [-0.1, -0.05) is 18.2 Å². The second-order valence-electron chi connectivity index (χ2n) is 5.61. The number of nitrogens with zero attached hydrogens (tertiary/aromatic N) is 3. The maximum Gasteiger partial charge on any atom is 0.253 e. The number of carbonyl (C=O) groups is 1. The van der Waals surface area contributed by atoms with Crippen LogP contribution in [0.15, 0.2) is 41.6 Å². The van der Waals surface area contributed by atoms with Crippen molar-refractivity contribution in [1.29, 1.82) is 0 Å². The summed E-state index contributed by atoms with van der Waals surface area (Å²) in [7, 11) is 0. The quantitative estimate of drug-likeness (QED) is 0.666. The van der Waals surface area contributed by atoms with Gasteiger partial charge in [0.1, 0.15) is 0 Å². The van der Waals surface area contributed by atoms with Crippen LogP contribution in [-0.4, -0.2) is 32.2 Å². The van der Waals surface area contributed by atoms with Gasteiger partial charge in [-0.15, -0.1) is 0 Å². The SMILES string of the molecule is Cc1c(CC(=O)NCCCn2ncc3ccccc32)nc[nH]c1=O. The molecule has 3 aromatic rings. The first-order chi connectivity index (χ1) is 11.6. The summed E-state index contributed by atoms with van der Waals surface area (Å²) in [4.78, 5) is 30.0. The van der Waals surface area contributed by atoms with Gasteiger partial charge in [0.25, 0.3) is 5.56 Å². The van der Waals surface area contributed by atoms with E-state index in [0.717, 1.165) is 23.9 Å². The van der Waals surface area contributed by atoms with Crippen molar-refractivity contribution in [3.05, 3.63) is 58.4 Å². The van der Waals surface area contributed by atoms with Crippen LogP contribution >= 0.6 is 0 Å². The van der Waals surface area contributed by atoms with E-state index >= 15 is 0 Å². The van der Waals surface area contributed by atoms with Gasteiger partial charge in [-0.25, -0.2) is 4.98 Å². The van der Waals surface area contributed by atoms with Crippen LogP contribution in [0.25, 0.3) is 10.9 Å². The lowest BCUT2D eigenvalue weighted by atomic mass is 10.2. The van der Waals surface area contributed by atoms with Gasteiger partial charge in [-0.3, -0.25) is 14.3 Å². The predicted molar refractivity (Wildman–Crippen MR) is 90.7 cm³/mol. The van der Waals surface area contributed by atoms with E-state index in [9.17, 15) is 9.59 Å². The normalized spacial score (nSPS) is 10.9. The molecule has 0 atom stereocenters. The lowest BCUT2D eigenvalue weighted by Crippen LogP contribution is -2.28. The van der Waals surface area contributed by atoms with E-state index in [-0.39, 0.29) is 17.9 Å². The maximum absolute atomic E-state index is 12.0. The summed E-state index contributed by atoms with van der Waals surface area (Å²) < 4.78 is 1.93. The largest absolute Gasteiger partial charge is 0.356 e. The molecule has 0 spiro atoms. The maximum atomic E-state index is 12.0. The fraction of sp³-hybridized carbons (Fsp3) is 0.294. The Morgan fingerprint density at radius 1 is 1.33 bits per heavy atom. The smallest absolute Gasteiger partial charge is 0.253 e. The number of hydrogen-bond donors (Lipinski definition) is 2. The van der Waals surface area contributed by atoms with Gasteiger partial charge in [0, 0.05) is 24.0 Å². The molecule has 124 valence electrons. The molecule has 0 aliphatic carbocycles. The van der Waals surface area contributed by atoms with Crippen molar-refractivity contribution < 1.29 is 4.79 Å². The van der Waals surface area contributed by atoms with Crippen molar-refractivity contribution in [2.75, 3.05) is 6.54 Å². The van der Waals surface area contributed by atoms with E-state index in [1.54, 1.807) is 6.92 Å². The number of carbonyl (C=O) groups excluding carboxylic acids is 1. The summed E-state index contributed by atoms with van der Waals surface area (Å²) in [6.45, 7) is 2.95. The Morgan fingerprint density at radius 3 is 3.04 bits per heavy atom. The molecule has 0 saturated heterocycles. The van der Waals surface area contributed by atoms with Crippen molar-refractivity contribution in [2.45, 2.75) is 26.3 Å². The van der Waals surface area contributed by atoms with Gasteiger partial charge < -0.3 is 10.3 Å². The number of benzene rings is 1. The number of para-hydroxylation sites is 1. The second kappa shape index (κ2) is 7.08.